The summed E-state index contributed by atoms with van der Waals surface area (Å²) in [7, 11) is 0. The second kappa shape index (κ2) is 7.94. The van der Waals surface area contributed by atoms with Crippen LogP contribution in [-0.4, -0.2) is 19.1 Å². The Morgan fingerprint density at radius 1 is 0.952 bits per heavy atom. The van der Waals surface area contributed by atoms with E-state index in [-0.39, 0.29) is 5.91 Å². The third-order valence-electron chi connectivity index (χ3n) is 2.80. The number of carbonyl (C=O) groups is 1. The van der Waals surface area contributed by atoms with Crippen LogP contribution in [0.25, 0.3) is 0 Å². The Hall–Kier alpha value is -2.49. The average molecular weight is 285 g/mol. The number of benzene rings is 2. The predicted octanol–water partition coefficient (Wildman–Crippen LogP) is 3.49. The van der Waals surface area contributed by atoms with Gasteiger partial charge in [0.15, 0.2) is 0 Å². The lowest BCUT2D eigenvalue weighted by molar-refractivity contribution is -0.115. The highest BCUT2D eigenvalue weighted by atomic mass is 16.5. The number of anilines is 1. The van der Waals surface area contributed by atoms with Crippen molar-refractivity contribution in [1.82, 2.24) is 0 Å². The molecule has 0 fully saturated rings. The van der Waals surface area contributed by atoms with Crippen molar-refractivity contribution in [2.45, 2.75) is 13.3 Å². The molecule has 0 aromatic heterocycles. The number of rotatable bonds is 7. The minimum Gasteiger partial charge on any atom is -0.490 e. The van der Waals surface area contributed by atoms with E-state index < -0.39 is 0 Å². The molecule has 0 saturated carbocycles. The molecule has 1 N–H and O–H groups in total. The van der Waals surface area contributed by atoms with Crippen LogP contribution in [0.2, 0.25) is 0 Å². The standard InChI is InChI=1S/C17H19NO3/c1-2-17(19)18-14-7-6-10-16(13-14)21-12-11-20-15-8-4-3-5-9-15/h3-10,13H,2,11-12H2,1H3,(H,18,19). The molecule has 0 atom stereocenters. The van der Waals surface area contributed by atoms with Gasteiger partial charge in [0.2, 0.25) is 5.91 Å². The van der Waals surface area contributed by atoms with E-state index in [0.717, 1.165) is 11.4 Å². The smallest absolute Gasteiger partial charge is 0.224 e. The highest BCUT2D eigenvalue weighted by Gasteiger charge is 2.01. The molecule has 0 aliphatic carbocycles. The Balaban J connectivity index is 1.78. The Morgan fingerprint density at radius 3 is 2.33 bits per heavy atom. The fraction of sp³-hybridized carbons (Fsp3) is 0.235. The Labute approximate surface area is 124 Å². The first-order chi connectivity index (χ1) is 10.3. The van der Waals surface area contributed by atoms with Gasteiger partial charge in [-0.05, 0) is 24.3 Å². The average Bonchev–Trinajstić information content (AvgIpc) is 2.53. The third-order valence-corrected chi connectivity index (χ3v) is 2.80. The lowest BCUT2D eigenvalue weighted by Crippen LogP contribution is -2.11. The van der Waals surface area contributed by atoms with Crippen LogP contribution in [0, 0.1) is 0 Å². The maximum atomic E-state index is 11.3. The Morgan fingerprint density at radius 2 is 1.62 bits per heavy atom. The summed E-state index contributed by atoms with van der Waals surface area (Å²) in [6.45, 7) is 2.73. The highest BCUT2D eigenvalue weighted by Crippen LogP contribution is 2.17. The normalized spacial score (nSPS) is 9.95. The van der Waals surface area contributed by atoms with E-state index in [0.29, 0.717) is 25.4 Å². The van der Waals surface area contributed by atoms with E-state index >= 15 is 0 Å². The number of nitrogens with one attached hydrogen (secondary N) is 1. The first kappa shape index (κ1) is 14.9. The van der Waals surface area contributed by atoms with E-state index in [4.69, 9.17) is 9.47 Å². The van der Waals surface area contributed by atoms with Crippen molar-refractivity contribution in [2.75, 3.05) is 18.5 Å². The zero-order valence-electron chi connectivity index (χ0n) is 12.0. The molecular weight excluding hydrogens is 266 g/mol. The molecule has 0 spiro atoms. The van der Waals surface area contributed by atoms with E-state index in [1.54, 1.807) is 6.07 Å². The van der Waals surface area contributed by atoms with Crippen molar-refractivity contribution in [3.05, 3.63) is 54.6 Å². The van der Waals surface area contributed by atoms with Crippen molar-refractivity contribution in [3.63, 3.8) is 0 Å². The molecular formula is C17H19NO3. The van der Waals surface area contributed by atoms with Gasteiger partial charge in [0.1, 0.15) is 24.7 Å². The molecule has 0 saturated heterocycles. The van der Waals surface area contributed by atoms with E-state index in [2.05, 4.69) is 5.32 Å². The molecule has 2 aromatic carbocycles. The predicted molar refractivity (Wildman–Crippen MR) is 82.8 cm³/mol. The molecule has 4 heteroatoms. The Bertz CT molecular complexity index is 569. The van der Waals surface area contributed by atoms with Crippen molar-refractivity contribution >= 4 is 11.6 Å². The van der Waals surface area contributed by atoms with Crippen molar-refractivity contribution < 1.29 is 14.3 Å². The first-order valence-electron chi connectivity index (χ1n) is 6.98. The summed E-state index contributed by atoms with van der Waals surface area (Å²) in [6, 6.07) is 16.9. The van der Waals surface area contributed by atoms with Crippen molar-refractivity contribution in [3.8, 4) is 11.5 Å². The summed E-state index contributed by atoms with van der Waals surface area (Å²) < 4.78 is 11.2. The van der Waals surface area contributed by atoms with Crippen LogP contribution in [0.15, 0.2) is 54.6 Å². The minimum atomic E-state index is -0.0143. The minimum absolute atomic E-state index is 0.0143. The number of hydrogen-bond donors (Lipinski definition) is 1. The van der Waals surface area contributed by atoms with Gasteiger partial charge in [-0.3, -0.25) is 4.79 Å². The Kier molecular flexibility index (Phi) is 5.64. The molecule has 0 aliphatic heterocycles. The molecule has 4 nitrogen and oxygen atoms in total. The number of ether oxygens (including phenoxy) is 2. The molecule has 0 bridgehead atoms. The van der Waals surface area contributed by atoms with Crippen LogP contribution in [0.3, 0.4) is 0 Å². The molecule has 110 valence electrons. The number of hydrogen-bond acceptors (Lipinski definition) is 3. The molecule has 2 rings (SSSR count). The fourth-order valence-corrected chi connectivity index (χ4v) is 1.75. The van der Waals surface area contributed by atoms with Gasteiger partial charge in [0.25, 0.3) is 0 Å². The second-order valence-corrected chi connectivity index (χ2v) is 4.44. The second-order valence-electron chi connectivity index (χ2n) is 4.44. The van der Waals surface area contributed by atoms with Gasteiger partial charge in [-0.25, -0.2) is 0 Å². The molecule has 0 heterocycles. The molecule has 21 heavy (non-hydrogen) atoms. The molecule has 0 radical (unpaired) electrons. The van der Waals surface area contributed by atoms with Crippen LogP contribution < -0.4 is 14.8 Å². The lowest BCUT2D eigenvalue weighted by atomic mass is 10.3. The molecule has 1 amide bonds. The summed E-state index contributed by atoms with van der Waals surface area (Å²) in [6.07, 6.45) is 0.454. The van der Waals surface area contributed by atoms with Gasteiger partial charge in [-0.1, -0.05) is 31.2 Å². The van der Waals surface area contributed by atoms with Crippen LogP contribution in [0.5, 0.6) is 11.5 Å². The summed E-state index contributed by atoms with van der Waals surface area (Å²) in [4.78, 5) is 11.3. The summed E-state index contributed by atoms with van der Waals surface area (Å²) in [5, 5.41) is 2.80. The maximum absolute atomic E-state index is 11.3. The lowest BCUT2D eigenvalue weighted by Gasteiger charge is -2.10. The summed E-state index contributed by atoms with van der Waals surface area (Å²) >= 11 is 0. The summed E-state index contributed by atoms with van der Waals surface area (Å²) in [5.41, 5.74) is 0.739. The van der Waals surface area contributed by atoms with Gasteiger partial charge < -0.3 is 14.8 Å². The molecule has 0 unspecified atom stereocenters. The monoisotopic (exact) mass is 285 g/mol. The largest absolute Gasteiger partial charge is 0.490 e. The van der Waals surface area contributed by atoms with Crippen LogP contribution in [-0.2, 0) is 4.79 Å². The van der Waals surface area contributed by atoms with E-state index in [1.807, 2.05) is 55.5 Å². The van der Waals surface area contributed by atoms with E-state index in [1.165, 1.54) is 0 Å². The fourth-order valence-electron chi connectivity index (χ4n) is 1.75. The third kappa shape index (κ3) is 5.18. The van der Waals surface area contributed by atoms with Crippen LogP contribution in [0.1, 0.15) is 13.3 Å². The van der Waals surface area contributed by atoms with Gasteiger partial charge in [0.05, 0.1) is 0 Å². The maximum Gasteiger partial charge on any atom is 0.224 e. The topological polar surface area (TPSA) is 47.6 Å². The zero-order valence-corrected chi connectivity index (χ0v) is 12.0. The van der Waals surface area contributed by atoms with Crippen LogP contribution >= 0.6 is 0 Å². The quantitative estimate of drug-likeness (QED) is 0.792. The van der Waals surface area contributed by atoms with Crippen molar-refractivity contribution in [2.24, 2.45) is 0 Å². The van der Waals surface area contributed by atoms with Gasteiger partial charge in [-0.15, -0.1) is 0 Å². The van der Waals surface area contributed by atoms with E-state index in [9.17, 15) is 4.79 Å². The number of para-hydroxylation sites is 1. The van der Waals surface area contributed by atoms with Crippen molar-refractivity contribution in [1.29, 1.82) is 0 Å². The highest BCUT2D eigenvalue weighted by molar-refractivity contribution is 5.90. The van der Waals surface area contributed by atoms with Gasteiger partial charge in [-0.2, -0.15) is 0 Å². The molecule has 2 aromatic rings. The number of carbonyl (C=O) groups excluding carboxylic acids is 1. The van der Waals surface area contributed by atoms with Crippen LogP contribution in [0.4, 0.5) is 5.69 Å². The van der Waals surface area contributed by atoms with Gasteiger partial charge in [0, 0.05) is 18.2 Å². The summed E-state index contributed by atoms with van der Waals surface area (Å²) in [5.74, 6) is 1.52. The van der Waals surface area contributed by atoms with Gasteiger partial charge >= 0.3 is 0 Å². The first-order valence-corrected chi connectivity index (χ1v) is 6.98. The molecule has 0 aliphatic rings. The zero-order chi connectivity index (χ0) is 14.9. The number of amides is 1. The SMILES string of the molecule is CCC(=O)Nc1cccc(OCCOc2ccccc2)c1.